The Morgan fingerprint density at radius 2 is 1.71 bits per heavy atom. The van der Waals surface area contributed by atoms with Crippen LogP contribution in [0.3, 0.4) is 0 Å². The average Bonchev–Trinajstić information content (AvgIpc) is 2.71. The van der Waals surface area contributed by atoms with E-state index in [0.717, 1.165) is 5.56 Å². The van der Waals surface area contributed by atoms with Gasteiger partial charge in [-0.15, -0.1) is 0 Å². The maximum Gasteiger partial charge on any atom is 0.229 e. The predicted molar refractivity (Wildman–Crippen MR) is 96.6 cm³/mol. The second kappa shape index (κ2) is 8.85. The molecule has 0 bridgehead atoms. The molecule has 0 saturated carbocycles. The number of hydrogen-bond donors (Lipinski definition) is 4. The van der Waals surface area contributed by atoms with Crippen LogP contribution in [-0.4, -0.2) is 64.8 Å². The fraction of sp³-hybridized carbons (Fsp3) is 0.400. The van der Waals surface area contributed by atoms with Crippen molar-refractivity contribution in [3.8, 4) is 11.5 Å². The molecule has 0 unspecified atom stereocenters. The largest absolute Gasteiger partial charge is 0.497 e. The third-order valence-electron chi connectivity index (χ3n) is 4.71. The van der Waals surface area contributed by atoms with Gasteiger partial charge in [0.15, 0.2) is 0 Å². The number of methoxy groups -OCH3 is 1. The molecule has 0 radical (unpaired) electrons. The normalized spacial score (nSPS) is 27.4. The monoisotopic (exact) mass is 394 g/mol. The number of ether oxygens (including phenoxy) is 3. The summed E-state index contributed by atoms with van der Waals surface area (Å²) < 4.78 is 30.6. The Morgan fingerprint density at radius 1 is 1.00 bits per heavy atom. The Kier molecular flexibility index (Phi) is 6.48. The van der Waals surface area contributed by atoms with Gasteiger partial charge < -0.3 is 34.6 Å². The van der Waals surface area contributed by atoms with Crippen LogP contribution in [0.25, 0.3) is 0 Å². The van der Waals surface area contributed by atoms with Gasteiger partial charge in [-0.25, -0.2) is 4.39 Å². The minimum Gasteiger partial charge on any atom is -0.497 e. The summed E-state index contributed by atoms with van der Waals surface area (Å²) in [6.45, 7) is -0.577. The van der Waals surface area contributed by atoms with Crippen LogP contribution in [0.15, 0.2) is 42.5 Å². The third kappa shape index (κ3) is 4.26. The van der Waals surface area contributed by atoms with Gasteiger partial charge >= 0.3 is 0 Å². The Hall–Kier alpha value is -2.23. The number of halogens is 1. The van der Waals surface area contributed by atoms with Crippen molar-refractivity contribution < 1.29 is 39.0 Å². The number of benzene rings is 2. The Labute approximate surface area is 161 Å². The highest BCUT2D eigenvalue weighted by Crippen LogP contribution is 2.29. The average molecular weight is 394 g/mol. The number of rotatable bonds is 6. The summed E-state index contributed by atoms with van der Waals surface area (Å²) in [6, 6.07) is 11.4. The van der Waals surface area contributed by atoms with Crippen LogP contribution in [0.5, 0.6) is 11.5 Å². The van der Waals surface area contributed by atoms with Crippen molar-refractivity contribution in [1.29, 1.82) is 0 Å². The van der Waals surface area contributed by atoms with Gasteiger partial charge in [0.2, 0.25) is 6.29 Å². The van der Waals surface area contributed by atoms with Gasteiger partial charge in [-0.3, -0.25) is 0 Å². The molecule has 2 aromatic rings. The Balaban J connectivity index is 1.83. The van der Waals surface area contributed by atoms with Crippen molar-refractivity contribution in [1.82, 2.24) is 0 Å². The molecule has 1 aliphatic heterocycles. The van der Waals surface area contributed by atoms with E-state index in [4.69, 9.17) is 14.2 Å². The molecule has 4 N–H and O–H groups in total. The zero-order valence-corrected chi connectivity index (χ0v) is 15.2. The summed E-state index contributed by atoms with van der Waals surface area (Å²) in [5.41, 5.74) is 1.05. The van der Waals surface area contributed by atoms with E-state index < -0.39 is 43.1 Å². The second-order valence-electron chi connectivity index (χ2n) is 6.56. The molecular weight excluding hydrogens is 371 g/mol. The SMILES string of the molecule is COc1ccc(Cc2c(F)cccc2O[C@@H]2O[C@H](CO)[C@@H](O)[C@H](O)[C@H]2O)cc1. The van der Waals surface area contributed by atoms with Gasteiger partial charge in [-0.1, -0.05) is 18.2 Å². The molecule has 0 aromatic heterocycles. The standard InChI is InChI=1S/C20H23FO7/c1-26-12-7-5-11(6-8-12)9-13-14(21)3-2-4-15(13)27-20-19(25)18(24)17(23)16(10-22)28-20/h2-8,16-20,22-25H,9-10H2,1H3/t16-,17-,18+,19-,20-/m1/s1. The van der Waals surface area contributed by atoms with E-state index >= 15 is 0 Å². The van der Waals surface area contributed by atoms with Gasteiger partial charge in [0.25, 0.3) is 0 Å². The molecule has 5 atom stereocenters. The van der Waals surface area contributed by atoms with Crippen LogP contribution in [-0.2, 0) is 11.2 Å². The summed E-state index contributed by atoms with van der Waals surface area (Å²) in [6.07, 6.45) is -6.92. The molecule has 8 heteroatoms. The summed E-state index contributed by atoms with van der Waals surface area (Å²) in [7, 11) is 1.55. The van der Waals surface area contributed by atoms with Crippen molar-refractivity contribution in [2.24, 2.45) is 0 Å². The first kappa shape index (κ1) is 20.5. The molecule has 0 spiro atoms. The summed E-state index contributed by atoms with van der Waals surface area (Å²) in [5.74, 6) is 0.299. The molecule has 7 nitrogen and oxygen atoms in total. The molecule has 0 amide bonds. The summed E-state index contributed by atoms with van der Waals surface area (Å²) in [5, 5.41) is 39.2. The number of aliphatic hydroxyl groups excluding tert-OH is 4. The highest BCUT2D eigenvalue weighted by atomic mass is 19.1. The summed E-state index contributed by atoms with van der Waals surface area (Å²) in [4.78, 5) is 0. The van der Waals surface area contributed by atoms with Gasteiger partial charge in [-0.05, 0) is 29.8 Å². The minimum atomic E-state index is -1.57. The van der Waals surface area contributed by atoms with Gasteiger partial charge in [0.1, 0.15) is 41.7 Å². The molecule has 28 heavy (non-hydrogen) atoms. The highest BCUT2D eigenvalue weighted by Gasteiger charge is 2.44. The topological polar surface area (TPSA) is 109 Å². The molecule has 3 rings (SSSR count). The lowest BCUT2D eigenvalue weighted by molar-refractivity contribution is -0.277. The Bertz CT molecular complexity index is 781. The number of aliphatic hydroxyl groups is 4. The van der Waals surface area contributed by atoms with E-state index in [1.807, 2.05) is 0 Å². The smallest absolute Gasteiger partial charge is 0.229 e. The van der Waals surface area contributed by atoms with Crippen LogP contribution in [0.1, 0.15) is 11.1 Å². The Morgan fingerprint density at radius 3 is 2.36 bits per heavy atom. The van der Waals surface area contributed by atoms with Crippen LogP contribution < -0.4 is 9.47 Å². The first-order chi connectivity index (χ1) is 13.4. The van der Waals surface area contributed by atoms with E-state index in [1.54, 1.807) is 31.4 Å². The van der Waals surface area contributed by atoms with Crippen LogP contribution in [0, 0.1) is 5.82 Å². The van der Waals surface area contributed by atoms with Crippen molar-refractivity contribution in [3.63, 3.8) is 0 Å². The van der Waals surface area contributed by atoms with Gasteiger partial charge in [0, 0.05) is 12.0 Å². The quantitative estimate of drug-likeness (QED) is 0.568. The van der Waals surface area contributed by atoms with E-state index in [0.29, 0.717) is 5.75 Å². The maximum absolute atomic E-state index is 14.5. The molecule has 1 heterocycles. The maximum atomic E-state index is 14.5. The second-order valence-corrected chi connectivity index (χ2v) is 6.56. The van der Waals surface area contributed by atoms with Crippen LogP contribution in [0.4, 0.5) is 4.39 Å². The van der Waals surface area contributed by atoms with Crippen LogP contribution >= 0.6 is 0 Å². The molecule has 1 fully saturated rings. The zero-order valence-electron chi connectivity index (χ0n) is 15.2. The molecule has 152 valence electrons. The van der Waals surface area contributed by atoms with E-state index in [2.05, 4.69) is 0 Å². The van der Waals surface area contributed by atoms with Gasteiger partial charge in [-0.2, -0.15) is 0 Å². The predicted octanol–water partition coefficient (Wildman–Crippen LogP) is 0.604. The van der Waals surface area contributed by atoms with Crippen molar-refractivity contribution in [2.45, 2.75) is 37.1 Å². The first-order valence-corrected chi connectivity index (χ1v) is 8.82. The molecule has 2 aromatic carbocycles. The molecule has 1 aliphatic rings. The third-order valence-corrected chi connectivity index (χ3v) is 4.71. The highest BCUT2D eigenvalue weighted by molar-refractivity contribution is 5.40. The number of hydrogen-bond acceptors (Lipinski definition) is 7. The van der Waals surface area contributed by atoms with E-state index in [-0.39, 0.29) is 17.7 Å². The minimum absolute atomic E-state index is 0.125. The van der Waals surface area contributed by atoms with Crippen LogP contribution in [0.2, 0.25) is 0 Å². The zero-order chi connectivity index (χ0) is 20.3. The van der Waals surface area contributed by atoms with Gasteiger partial charge in [0.05, 0.1) is 13.7 Å². The lowest BCUT2D eigenvalue weighted by Crippen LogP contribution is -2.60. The van der Waals surface area contributed by atoms with E-state index in [9.17, 15) is 24.8 Å². The van der Waals surface area contributed by atoms with Crippen molar-refractivity contribution in [2.75, 3.05) is 13.7 Å². The van der Waals surface area contributed by atoms with Crippen molar-refractivity contribution >= 4 is 0 Å². The van der Waals surface area contributed by atoms with E-state index in [1.165, 1.54) is 18.2 Å². The summed E-state index contributed by atoms with van der Waals surface area (Å²) >= 11 is 0. The first-order valence-electron chi connectivity index (χ1n) is 8.82. The molecule has 1 saturated heterocycles. The molecule has 0 aliphatic carbocycles. The van der Waals surface area contributed by atoms with Crippen molar-refractivity contribution in [3.05, 3.63) is 59.4 Å². The fourth-order valence-electron chi connectivity index (χ4n) is 3.06. The lowest BCUT2D eigenvalue weighted by atomic mass is 9.99. The fourth-order valence-corrected chi connectivity index (χ4v) is 3.06. The lowest BCUT2D eigenvalue weighted by Gasteiger charge is -2.39. The molecular formula is C20H23FO7.